The average Bonchev–Trinajstić information content (AvgIpc) is 2.96. The molecule has 3 aromatic carbocycles. The number of carbonyl (C=O) groups excluding carboxylic acids is 1. The van der Waals surface area contributed by atoms with Gasteiger partial charge in [-0.3, -0.25) is 9.59 Å². The summed E-state index contributed by atoms with van der Waals surface area (Å²) in [5, 5.41) is 12.6. The van der Waals surface area contributed by atoms with Crippen LogP contribution >= 0.6 is 0 Å². The van der Waals surface area contributed by atoms with Gasteiger partial charge in [0.15, 0.2) is 0 Å². The van der Waals surface area contributed by atoms with E-state index in [0.717, 1.165) is 16.8 Å². The Balaban J connectivity index is 1.60. The Hall–Kier alpha value is -3.69. The molecule has 9 heteroatoms. The fourth-order valence-electron chi connectivity index (χ4n) is 4.84. The van der Waals surface area contributed by atoms with Crippen LogP contribution in [-0.4, -0.2) is 55.4 Å². The molecule has 0 heterocycles. The van der Waals surface area contributed by atoms with E-state index in [9.17, 15) is 23.1 Å². The molecule has 1 atom stereocenters. The fourth-order valence-corrected chi connectivity index (χ4v) is 6.66. The molecule has 0 aliphatic carbocycles. The van der Waals surface area contributed by atoms with Gasteiger partial charge < -0.3 is 15.3 Å². The van der Waals surface area contributed by atoms with Crippen LogP contribution in [0.2, 0.25) is 0 Å². The summed E-state index contributed by atoms with van der Waals surface area (Å²) in [5.74, 6) is -1.13. The van der Waals surface area contributed by atoms with Gasteiger partial charge in [0, 0.05) is 31.4 Å². The zero-order valence-corrected chi connectivity index (χ0v) is 25.6. The van der Waals surface area contributed by atoms with Gasteiger partial charge in [-0.1, -0.05) is 86.5 Å². The first kappa shape index (κ1) is 32.8. The van der Waals surface area contributed by atoms with Crippen molar-refractivity contribution in [2.75, 3.05) is 24.5 Å². The number of amides is 1. The number of nitrogens with zero attached hydrogens (tertiary/aromatic N) is 2. The SMILES string of the molecule is Cc1ccc(S(=O)(=O)N(CC(C)C)[C@@H](CCCCNC(=O)CN(Cc2ccccc2)c2ccccc2)CC(=O)O)cc1. The lowest BCUT2D eigenvalue weighted by molar-refractivity contribution is -0.138. The number of carbonyl (C=O) groups is 2. The molecule has 0 radical (unpaired) electrons. The average molecular weight is 594 g/mol. The minimum Gasteiger partial charge on any atom is -0.481 e. The number of benzene rings is 3. The Kier molecular flexibility index (Phi) is 12.6. The molecule has 0 fully saturated rings. The number of anilines is 1. The van der Waals surface area contributed by atoms with Gasteiger partial charge in [0.05, 0.1) is 17.9 Å². The number of hydrogen-bond donors (Lipinski definition) is 2. The summed E-state index contributed by atoms with van der Waals surface area (Å²) < 4.78 is 28.6. The largest absolute Gasteiger partial charge is 0.481 e. The van der Waals surface area contributed by atoms with Crippen molar-refractivity contribution >= 4 is 27.6 Å². The Morgan fingerprint density at radius 3 is 2.10 bits per heavy atom. The maximum Gasteiger partial charge on any atom is 0.304 e. The van der Waals surface area contributed by atoms with Crippen LogP contribution in [0.5, 0.6) is 0 Å². The molecule has 8 nitrogen and oxygen atoms in total. The first-order valence-electron chi connectivity index (χ1n) is 14.5. The number of carboxylic acid groups (broad SMARTS) is 1. The Bertz CT molecular complexity index is 1360. The second-order valence-corrected chi connectivity index (χ2v) is 12.9. The highest BCUT2D eigenvalue weighted by Gasteiger charge is 2.33. The molecule has 0 bridgehead atoms. The summed E-state index contributed by atoms with van der Waals surface area (Å²) in [7, 11) is -3.88. The lowest BCUT2D eigenvalue weighted by Gasteiger charge is -2.31. The van der Waals surface area contributed by atoms with Crippen LogP contribution in [0.25, 0.3) is 0 Å². The van der Waals surface area contributed by atoms with E-state index in [1.165, 1.54) is 4.31 Å². The molecular formula is C33H43N3O5S. The van der Waals surface area contributed by atoms with E-state index < -0.39 is 22.0 Å². The van der Waals surface area contributed by atoms with E-state index in [-0.39, 0.29) is 36.2 Å². The molecule has 0 aliphatic heterocycles. The third-order valence-electron chi connectivity index (χ3n) is 6.95. The lowest BCUT2D eigenvalue weighted by Crippen LogP contribution is -2.43. The molecule has 0 aromatic heterocycles. The van der Waals surface area contributed by atoms with Gasteiger partial charge >= 0.3 is 5.97 Å². The zero-order chi connectivity index (χ0) is 30.5. The standard InChI is InChI=1S/C33H43N3O5S/c1-26(2)23-36(42(40,41)31-19-17-27(3)18-20-31)30(22-33(38)39)16-10-11-21-34-32(37)25-35(29-14-8-5-9-15-29)24-28-12-6-4-7-13-28/h4-9,12-15,17-20,26,30H,10-11,16,21-25H2,1-3H3,(H,34,37)(H,38,39)/t30-/m0/s1. The van der Waals surface area contributed by atoms with Crippen LogP contribution in [0.15, 0.2) is 89.8 Å². The lowest BCUT2D eigenvalue weighted by atomic mass is 10.1. The first-order valence-corrected chi connectivity index (χ1v) is 15.9. The highest BCUT2D eigenvalue weighted by molar-refractivity contribution is 7.89. The van der Waals surface area contributed by atoms with Gasteiger partial charge in [-0.15, -0.1) is 0 Å². The van der Waals surface area contributed by atoms with Gasteiger partial charge in [0.2, 0.25) is 15.9 Å². The summed E-state index contributed by atoms with van der Waals surface area (Å²) in [6, 6.07) is 25.7. The number of rotatable bonds is 17. The summed E-state index contributed by atoms with van der Waals surface area (Å²) in [6.45, 7) is 7.15. The number of sulfonamides is 1. The second-order valence-electron chi connectivity index (χ2n) is 11.1. The highest BCUT2D eigenvalue weighted by atomic mass is 32.2. The van der Waals surface area contributed by atoms with Crippen molar-refractivity contribution in [2.24, 2.45) is 5.92 Å². The van der Waals surface area contributed by atoms with Crippen molar-refractivity contribution in [3.8, 4) is 0 Å². The van der Waals surface area contributed by atoms with Gasteiger partial charge in [-0.05, 0) is 55.5 Å². The van der Waals surface area contributed by atoms with Gasteiger partial charge in [0.1, 0.15) is 0 Å². The van der Waals surface area contributed by atoms with Gasteiger partial charge in [-0.2, -0.15) is 4.31 Å². The summed E-state index contributed by atoms with van der Waals surface area (Å²) in [5.41, 5.74) is 3.00. The fraction of sp³-hybridized carbons (Fsp3) is 0.394. The highest BCUT2D eigenvalue weighted by Crippen LogP contribution is 2.25. The van der Waals surface area contributed by atoms with Crippen molar-refractivity contribution < 1.29 is 23.1 Å². The molecule has 42 heavy (non-hydrogen) atoms. The van der Waals surface area contributed by atoms with Crippen molar-refractivity contribution in [1.82, 2.24) is 9.62 Å². The van der Waals surface area contributed by atoms with Crippen molar-refractivity contribution in [3.05, 3.63) is 96.1 Å². The summed E-state index contributed by atoms with van der Waals surface area (Å²) in [4.78, 5) is 26.8. The van der Waals surface area contributed by atoms with Crippen molar-refractivity contribution in [2.45, 2.75) is 63.9 Å². The van der Waals surface area contributed by atoms with Crippen LogP contribution in [0, 0.1) is 12.8 Å². The number of aryl methyl sites for hydroxylation is 1. The third-order valence-corrected chi connectivity index (χ3v) is 8.88. The number of para-hydroxylation sites is 1. The predicted molar refractivity (Wildman–Crippen MR) is 167 cm³/mol. The summed E-state index contributed by atoms with van der Waals surface area (Å²) >= 11 is 0. The Morgan fingerprint density at radius 1 is 0.881 bits per heavy atom. The maximum absolute atomic E-state index is 13.6. The molecule has 0 unspecified atom stereocenters. The number of carboxylic acids is 1. The minimum absolute atomic E-state index is 0.0178. The smallest absolute Gasteiger partial charge is 0.304 e. The third kappa shape index (κ3) is 10.3. The van der Waals surface area contributed by atoms with E-state index in [4.69, 9.17) is 0 Å². The van der Waals surface area contributed by atoms with E-state index >= 15 is 0 Å². The number of nitrogens with one attached hydrogen (secondary N) is 1. The molecule has 226 valence electrons. The van der Waals surface area contributed by atoms with Crippen molar-refractivity contribution in [3.63, 3.8) is 0 Å². The second kappa shape index (κ2) is 16.1. The zero-order valence-electron chi connectivity index (χ0n) is 24.8. The van der Waals surface area contributed by atoms with E-state index in [2.05, 4.69) is 5.32 Å². The van der Waals surface area contributed by atoms with Gasteiger partial charge in [-0.25, -0.2) is 8.42 Å². The molecule has 0 saturated carbocycles. The molecule has 3 rings (SSSR count). The topological polar surface area (TPSA) is 107 Å². The number of aliphatic carboxylic acids is 1. The minimum atomic E-state index is -3.88. The Morgan fingerprint density at radius 2 is 1.50 bits per heavy atom. The number of hydrogen-bond acceptors (Lipinski definition) is 5. The molecule has 0 spiro atoms. The molecule has 0 aliphatic rings. The van der Waals surface area contributed by atoms with E-state index in [1.54, 1.807) is 24.3 Å². The van der Waals surface area contributed by atoms with Crippen LogP contribution in [0.1, 0.15) is 50.7 Å². The summed E-state index contributed by atoms with van der Waals surface area (Å²) in [6.07, 6.45) is 1.27. The molecule has 1 amide bonds. The quantitative estimate of drug-likeness (QED) is 0.201. The van der Waals surface area contributed by atoms with Gasteiger partial charge in [0.25, 0.3) is 0 Å². The maximum atomic E-state index is 13.6. The monoisotopic (exact) mass is 593 g/mol. The molecule has 2 N–H and O–H groups in total. The van der Waals surface area contributed by atoms with E-state index in [1.807, 2.05) is 86.3 Å². The molecule has 3 aromatic rings. The Labute approximate surface area is 250 Å². The first-order chi connectivity index (χ1) is 20.1. The number of unbranched alkanes of at least 4 members (excludes halogenated alkanes) is 1. The van der Waals surface area contributed by atoms with Crippen LogP contribution in [0.4, 0.5) is 5.69 Å². The normalized spacial score (nSPS) is 12.3. The van der Waals surface area contributed by atoms with E-state index in [0.29, 0.717) is 32.4 Å². The van der Waals surface area contributed by atoms with Crippen LogP contribution in [-0.2, 0) is 26.2 Å². The van der Waals surface area contributed by atoms with Crippen LogP contribution < -0.4 is 10.2 Å². The van der Waals surface area contributed by atoms with Crippen molar-refractivity contribution in [1.29, 1.82) is 0 Å². The molecule has 0 saturated heterocycles. The van der Waals surface area contributed by atoms with Crippen LogP contribution in [0.3, 0.4) is 0 Å². The predicted octanol–water partition coefficient (Wildman–Crippen LogP) is 5.48. The molecular weight excluding hydrogens is 550 g/mol.